The molecular weight excluding hydrogens is 420 g/mol. The number of carbonyl (C=O) groups excluding carboxylic acids is 2. The van der Waals surface area contributed by atoms with Gasteiger partial charge in [-0.05, 0) is 51.3 Å². The van der Waals surface area contributed by atoms with Crippen LogP contribution in [0.25, 0.3) is 0 Å². The number of hydrogen-bond donors (Lipinski definition) is 0. The maximum atomic E-state index is 12.7. The van der Waals surface area contributed by atoms with Gasteiger partial charge in [0.25, 0.3) is 5.79 Å². The second-order valence-corrected chi connectivity index (χ2v) is 9.34. The molecule has 7 nitrogen and oxygen atoms in total. The molecule has 8 heteroatoms. The van der Waals surface area contributed by atoms with Crippen molar-refractivity contribution < 1.29 is 23.8 Å². The lowest BCUT2D eigenvalue weighted by Crippen LogP contribution is -2.45. The van der Waals surface area contributed by atoms with E-state index in [1.54, 1.807) is 46.0 Å². The zero-order chi connectivity index (χ0) is 22.4. The Morgan fingerprint density at radius 1 is 1.26 bits per heavy atom. The zero-order valence-corrected chi connectivity index (χ0v) is 18.7. The number of aromatic nitrogens is 1. The summed E-state index contributed by atoms with van der Waals surface area (Å²) in [5, 5.41) is 0.527. The minimum Gasteiger partial charge on any atom is -0.443 e. The number of rotatable bonds is 2. The molecule has 0 saturated carbocycles. The fraction of sp³-hybridized carbons (Fsp3) is 0.435. The second-order valence-electron chi connectivity index (χ2n) is 8.90. The van der Waals surface area contributed by atoms with Gasteiger partial charge in [-0.15, -0.1) is 0 Å². The van der Waals surface area contributed by atoms with Crippen LogP contribution in [0.5, 0.6) is 11.5 Å². The van der Waals surface area contributed by atoms with Crippen LogP contribution in [0.2, 0.25) is 5.02 Å². The number of imide groups is 1. The van der Waals surface area contributed by atoms with E-state index in [0.29, 0.717) is 35.2 Å². The molecule has 1 fully saturated rings. The third-order valence-corrected chi connectivity index (χ3v) is 5.50. The topological polar surface area (TPSA) is 78.0 Å². The molecule has 0 spiro atoms. The number of fused-ring (bicyclic) bond motifs is 1. The summed E-state index contributed by atoms with van der Waals surface area (Å²) in [6.45, 7) is 7.42. The van der Waals surface area contributed by atoms with Gasteiger partial charge in [0.05, 0.1) is 5.02 Å². The van der Waals surface area contributed by atoms with Crippen LogP contribution >= 0.6 is 11.6 Å². The number of likely N-dealkylation sites (tertiary alicyclic amines) is 1. The van der Waals surface area contributed by atoms with Crippen molar-refractivity contribution in [3.8, 4) is 11.5 Å². The van der Waals surface area contributed by atoms with Crippen molar-refractivity contribution in [3.05, 3.63) is 52.8 Å². The fourth-order valence-electron chi connectivity index (χ4n) is 3.83. The molecule has 0 aliphatic carbocycles. The highest BCUT2D eigenvalue weighted by Crippen LogP contribution is 2.49. The first-order valence-corrected chi connectivity index (χ1v) is 10.6. The molecule has 2 aliphatic rings. The number of nitrogens with zero attached hydrogens (tertiary/aromatic N) is 2. The van der Waals surface area contributed by atoms with Gasteiger partial charge in [-0.2, -0.15) is 0 Å². The van der Waals surface area contributed by atoms with Crippen molar-refractivity contribution in [2.75, 3.05) is 6.54 Å². The quantitative estimate of drug-likeness (QED) is 0.647. The lowest BCUT2D eigenvalue weighted by Gasteiger charge is -2.32. The number of piperidine rings is 1. The predicted octanol–water partition coefficient (Wildman–Crippen LogP) is 5.02. The predicted molar refractivity (Wildman–Crippen MR) is 114 cm³/mol. The van der Waals surface area contributed by atoms with Crippen LogP contribution in [0.3, 0.4) is 0 Å². The van der Waals surface area contributed by atoms with Crippen LogP contribution < -0.4 is 9.47 Å². The van der Waals surface area contributed by atoms with Gasteiger partial charge in [-0.25, -0.2) is 9.69 Å². The van der Waals surface area contributed by atoms with Crippen LogP contribution in [0.4, 0.5) is 4.79 Å². The Bertz CT molecular complexity index is 1020. The number of halogens is 1. The maximum absolute atomic E-state index is 12.7. The average Bonchev–Trinajstić information content (AvgIpc) is 3.04. The average molecular weight is 445 g/mol. The van der Waals surface area contributed by atoms with Crippen molar-refractivity contribution in [1.29, 1.82) is 0 Å². The lowest BCUT2D eigenvalue weighted by molar-refractivity contribution is -0.132. The van der Waals surface area contributed by atoms with E-state index in [-0.39, 0.29) is 18.2 Å². The van der Waals surface area contributed by atoms with Crippen LogP contribution in [-0.4, -0.2) is 34.0 Å². The highest BCUT2D eigenvalue weighted by atomic mass is 35.5. The Morgan fingerprint density at radius 2 is 2.03 bits per heavy atom. The third-order valence-electron chi connectivity index (χ3n) is 5.28. The first-order valence-electron chi connectivity index (χ1n) is 10.2. The summed E-state index contributed by atoms with van der Waals surface area (Å²) in [6, 6.07) is 9.14. The smallest absolute Gasteiger partial charge is 0.417 e. The third kappa shape index (κ3) is 4.32. The first kappa shape index (κ1) is 21.4. The molecule has 3 heterocycles. The van der Waals surface area contributed by atoms with Crippen LogP contribution in [0, 0.1) is 0 Å². The molecule has 1 saturated heterocycles. The number of amides is 2. The SMILES string of the molecule is CC(C)(C)OC(=O)N1CCC(c2cccc3c2O[C@@](C)(c2ccc(Cl)cn2)O3)CC1=O. The van der Waals surface area contributed by atoms with Gasteiger partial charge in [-0.1, -0.05) is 23.7 Å². The molecule has 2 amide bonds. The summed E-state index contributed by atoms with van der Waals surface area (Å²) in [7, 11) is 0. The van der Waals surface area contributed by atoms with E-state index in [9.17, 15) is 9.59 Å². The molecule has 164 valence electrons. The molecular formula is C23H25ClN2O5. The van der Waals surface area contributed by atoms with Gasteiger partial charge in [-0.3, -0.25) is 9.78 Å². The van der Waals surface area contributed by atoms with Gasteiger partial charge >= 0.3 is 6.09 Å². The number of carbonyl (C=O) groups is 2. The molecule has 4 rings (SSSR count). The Kier molecular flexibility index (Phi) is 5.33. The van der Waals surface area contributed by atoms with Crippen molar-refractivity contribution >= 4 is 23.6 Å². The van der Waals surface area contributed by atoms with Gasteiger partial charge < -0.3 is 14.2 Å². The van der Waals surface area contributed by atoms with E-state index in [4.69, 9.17) is 25.8 Å². The Labute approximate surface area is 186 Å². The Morgan fingerprint density at radius 3 is 2.68 bits per heavy atom. The fourth-order valence-corrected chi connectivity index (χ4v) is 3.94. The zero-order valence-electron chi connectivity index (χ0n) is 18.0. The minimum atomic E-state index is -1.09. The highest BCUT2D eigenvalue weighted by Gasteiger charge is 2.43. The summed E-state index contributed by atoms with van der Waals surface area (Å²) >= 11 is 5.95. The molecule has 31 heavy (non-hydrogen) atoms. The minimum absolute atomic E-state index is 0.0923. The summed E-state index contributed by atoms with van der Waals surface area (Å²) in [5.74, 6) is -0.247. The van der Waals surface area contributed by atoms with Crippen molar-refractivity contribution in [2.24, 2.45) is 0 Å². The normalized spacial score (nSPS) is 23.1. The molecule has 1 unspecified atom stereocenters. The van der Waals surface area contributed by atoms with E-state index in [1.807, 2.05) is 18.2 Å². The maximum Gasteiger partial charge on any atom is 0.417 e. The number of hydrogen-bond acceptors (Lipinski definition) is 6. The van der Waals surface area contributed by atoms with Crippen LogP contribution in [0.1, 0.15) is 57.7 Å². The van der Waals surface area contributed by atoms with Gasteiger partial charge in [0, 0.05) is 31.6 Å². The van der Waals surface area contributed by atoms with Gasteiger partial charge in [0.2, 0.25) is 5.91 Å². The number of ether oxygens (including phenoxy) is 3. The molecule has 0 N–H and O–H groups in total. The van der Waals surface area contributed by atoms with Crippen molar-refractivity contribution in [3.63, 3.8) is 0 Å². The molecule has 1 aromatic carbocycles. The summed E-state index contributed by atoms with van der Waals surface area (Å²) in [4.78, 5) is 30.6. The lowest BCUT2D eigenvalue weighted by atomic mass is 9.88. The molecule has 0 radical (unpaired) electrons. The monoisotopic (exact) mass is 444 g/mol. The first-order chi connectivity index (χ1) is 14.6. The molecule has 2 aliphatic heterocycles. The van der Waals surface area contributed by atoms with Gasteiger partial charge in [0.15, 0.2) is 11.5 Å². The molecule has 0 bridgehead atoms. The molecule has 2 aromatic rings. The van der Waals surface area contributed by atoms with Crippen LogP contribution in [0.15, 0.2) is 36.5 Å². The van der Waals surface area contributed by atoms with E-state index >= 15 is 0 Å². The molecule has 2 atom stereocenters. The van der Waals surface area contributed by atoms with E-state index < -0.39 is 17.5 Å². The van der Waals surface area contributed by atoms with E-state index in [0.717, 1.165) is 5.56 Å². The van der Waals surface area contributed by atoms with Crippen LogP contribution in [-0.2, 0) is 15.3 Å². The standard InChI is InChI=1S/C23H25ClN2O5/c1-22(2,3)31-21(28)26-11-10-14(12-19(26)27)16-6-5-7-17-20(16)30-23(4,29-17)18-9-8-15(24)13-25-18/h5-9,13-14H,10-12H2,1-4H3/t14?,23-/m0/s1. The summed E-state index contributed by atoms with van der Waals surface area (Å²) in [5.41, 5.74) is 0.821. The van der Waals surface area contributed by atoms with E-state index in [1.165, 1.54) is 4.90 Å². The summed E-state index contributed by atoms with van der Waals surface area (Å²) < 4.78 is 17.7. The molecule has 1 aromatic heterocycles. The summed E-state index contributed by atoms with van der Waals surface area (Å²) in [6.07, 6.45) is 1.75. The Hall–Kier alpha value is -2.80. The largest absolute Gasteiger partial charge is 0.443 e. The Balaban J connectivity index is 1.53. The second kappa shape index (κ2) is 7.71. The van der Waals surface area contributed by atoms with E-state index in [2.05, 4.69) is 4.98 Å². The number of benzene rings is 1. The van der Waals surface area contributed by atoms with Gasteiger partial charge in [0.1, 0.15) is 11.3 Å². The van der Waals surface area contributed by atoms with Crippen molar-refractivity contribution in [2.45, 2.75) is 57.8 Å². The number of para-hydroxylation sites is 1. The number of pyridine rings is 1. The van der Waals surface area contributed by atoms with Crippen molar-refractivity contribution in [1.82, 2.24) is 9.88 Å². The highest BCUT2D eigenvalue weighted by molar-refractivity contribution is 6.30.